The summed E-state index contributed by atoms with van der Waals surface area (Å²) in [5.74, 6) is 1.82. The van der Waals surface area contributed by atoms with Gasteiger partial charge in [-0.2, -0.15) is 0 Å². The Hall–Kier alpha value is -2.68. The van der Waals surface area contributed by atoms with Gasteiger partial charge in [-0.05, 0) is 38.5 Å². The van der Waals surface area contributed by atoms with E-state index in [0.717, 1.165) is 5.56 Å². The van der Waals surface area contributed by atoms with Crippen molar-refractivity contribution in [1.82, 2.24) is 5.32 Å². The maximum Gasteiger partial charge on any atom is 0.408 e. The van der Waals surface area contributed by atoms with E-state index in [4.69, 9.17) is 15.9 Å². The topological polar surface area (TPSA) is 84.9 Å². The maximum absolute atomic E-state index is 11.7. The molecule has 1 atom stereocenters. The van der Waals surface area contributed by atoms with Crippen molar-refractivity contribution in [1.29, 1.82) is 0 Å². The van der Waals surface area contributed by atoms with Gasteiger partial charge in [0.25, 0.3) is 0 Å². The molecule has 0 saturated carbocycles. The number of hydrogen-bond donors (Lipinski definition) is 2. The number of nitrogens with one attached hydrogen (secondary N) is 1. The standard InChI is InChI=1S/C17H21NO5/c1-5-10-22-13-8-6-12(7-9-13)11-14(15(19)20)18-16(21)23-17(2,3)4/h1,6-9,14H,10-11H2,2-4H3,(H,18,21)(H,19,20)/t14-/m1/s1. The van der Waals surface area contributed by atoms with E-state index in [2.05, 4.69) is 11.2 Å². The van der Waals surface area contributed by atoms with E-state index in [0.29, 0.717) is 5.75 Å². The number of carbonyl (C=O) groups is 2. The Morgan fingerprint density at radius 3 is 2.39 bits per heavy atom. The summed E-state index contributed by atoms with van der Waals surface area (Å²) in [5.41, 5.74) is 0.0462. The number of carboxylic acids is 1. The molecule has 0 spiro atoms. The van der Waals surface area contributed by atoms with Crippen molar-refractivity contribution in [3.05, 3.63) is 29.8 Å². The molecule has 6 nitrogen and oxygen atoms in total. The summed E-state index contributed by atoms with van der Waals surface area (Å²) in [5, 5.41) is 11.6. The molecule has 124 valence electrons. The molecule has 1 aromatic rings. The molecule has 6 heteroatoms. The molecule has 0 radical (unpaired) electrons. The molecular formula is C17H21NO5. The van der Waals surface area contributed by atoms with E-state index in [-0.39, 0.29) is 13.0 Å². The van der Waals surface area contributed by atoms with Crippen molar-refractivity contribution < 1.29 is 24.2 Å². The third-order valence-electron chi connectivity index (χ3n) is 2.67. The molecule has 0 fully saturated rings. The van der Waals surface area contributed by atoms with Gasteiger partial charge in [0, 0.05) is 6.42 Å². The van der Waals surface area contributed by atoms with Gasteiger partial charge in [0.05, 0.1) is 0 Å². The normalized spacial score (nSPS) is 11.9. The summed E-state index contributed by atoms with van der Waals surface area (Å²) in [6, 6.07) is 5.75. The third kappa shape index (κ3) is 7.23. The fourth-order valence-corrected chi connectivity index (χ4v) is 1.73. The fourth-order valence-electron chi connectivity index (χ4n) is 1.73. The Kier molecular flexibility index (Phi) is 6.46. The van der Waals surface area contributed by atoms with Crippen LogP contribution in [-0.4, -0.2) is 35.4 Å². The van der Waals surface area contributed by atoms with Gasteiger partial charge in [0.1, 0.15) is 24.0 Å². The van der Waals surface area contributed by atoms with Crippen LogP contribution in [0.1, 0.15) is 26.3 Å². The number of carbonyl (C=O) groups excluding carboxylic acids is 1. The van der Waals surface area contributed by atoms with Crippen LogP contribution in [0.4, 0.5) is 4.79 Å². The van der Waals surface area contributed by atoms with Crippen LogP contribution in [0, 0.1) is 12.3 Å². The first-order chi connectivity index (χ1) is 10.7. The molecule has 1 aromatic carbocycles. The summed E-state index contributed by atoms with van der Waals surface area (Å²) >= 11 is 0. The fraction of sp³-hybridized carbons (Fsp3) is 0.412. The van der Waals surface area contributed by atoms with Gasteiger partial charge in [0.15, 0.2) is 0 Å². The first kappa shape index (κ1) is 18.4. The number of carboxylic acid groups (broad SMARTS) is 1. The second-order valence-electron chi connectivity index (χ2n) is 5.88. The molecule has 0 unspecified atom stereocenters. The predicted molar refractivity (Wildman–Crippen MR) is 85.3 cm³/mol. The molecule has 0 heterocycles. The molecule has 1 rings (SSSR count). The van der Waals surface area contributed by atoms with Gasteiger partial charge >= 0.3 is 12.1 Å². The lowest BCUT2D eigenvalue weighted by molar-refractivity contribution is -0.139. The summed E-state index contributed by atoms with van der Waals surface area (Å²) in [6.07, 6.45) is 4.47. The van der Waals surface area contributed by atoms with Gasteiger partial charge in [-0.25, -0.2) is 9.59 Å². The summed E-state index contributed by atoms with van der Waals surface area (Å²) in [4.78, 5) is 23.0. The first-order valence-corrected chi connectivity index (χ1v) is 7.09. The minimum Gasteiger partial charge on any atom is -0.481 e. The summed E-state index contributed by atoms with van der Waals surface area (Å²) in [6.45, 7) is 5.28. The highest BCUT2D eigenvalue weighted by atomic mass is 16.6. The lowest BCUT2D eigenvalue weighted by Crippen LogP contribution is -2.44. The van der Waals surface area contributed by atoms with E-state index >= 15 is 0 Å². The van der Waals surface area contributed by atoms with E-state index in [1.807, 2.05) is 0 Å². The molecule has 0 aliphatic heterocycles. The van der Waals surface area contributed by atoms with Crippen molar-refractivity contribution in [3.8, 4) is 18.1 Å². The molecule has 0 aliphatic carbocycles. The number of hydrogen-bond acceptors (Lipinski definition) is 4. The number of ether oxygens (including phenoxy) is 2. The summed E-state index contributed by atoms with van der Waals surface area (Å²) < 4.78 is 10.3. The minimum absolute atomic E-state index is 0.129. The van der Waals surface area contributed by atoms with Crippen LogP contribution >= 0.6 is 0 Å². The Morgan fingerprint density at radius 2 is 1.91 bits per heavy atom. The minimum atomic E-state index is -1.14. The predicted octanol–water partition coefficient (Wildman–Crippen LogP) is 2.22. The van der Waals surface area contributed by atoms with E-state index in [9.17, 15) is 14.7 Å². The highest BCUT2D eigenvalue weighted by Gasteiger charge is 2.24. The number of terminal acetylenes is 1. The van der Waals surface area contributed by atoms with Crippen LogP contribution in [0.5, 0.6) is 5.75 Å². The third-order valence-corrected chi connectivity index (χ3v) is 2.67. The van der Waals surface area contributed by atoms with Crippen LogP contribution in [0.25, 0.3) is 0 Å². The first-order valence-electron chi connectivity index (χ1n) is 7.09. The lowest BCUT2D eigenvalue weighted by Gasteiger charge is -2.22. The van der Waals surface area contributed by atoms with Gasteiger partial charge in [-0.3, -0.25) is 0 Å². The number of alkyl carbamates (subject to hydrolysis) is 1. The van der Waals surface area contributed by atoms with Crippen molar-refractivity contribution in [2.24, 2.45) is 0 Å². The molecular weight excluding hydrogens is 298 g/mol. The number of benzene rings is 1. The van der Waals surface area contributed by atoms with Gasteiger partial charge in [0.2, 0.25) is 0 Å². The van der Waals surface area contributed by atoms with Crippen molar-refractivity contribution in [3.63, 3.8) is 0 Å². The quantitative estimate of drug-likeness (QED) is 0.785. The monoisotopic (exact) mass is 319 g/mol. The molecule has 0 aromatic heterocycles. The van der Waals surface area contributed by atoms with Crippen LogP contribution < -0.4 is 10.1 Å². The van der Waals surface area contributed by atoms with E-state index in [1.165, 1.54) is 0 Å². The Labute approximate surface area is 135 Å². The zero-order chi connectivity index (χ0) is 17.5. The summed E-state index contributed by atoms with van der Waals surface area (Å²) in [7, 11) is 0. The van der Waals surface area contributed by atoms with Crippen molar-refractivity contribution in [2.45, 2.75) is 38.8 Å². The van der Waals surface area contributed by atoms with Crippen LogP contribution in [-0.2, 0) is 16.0 Å². The average Bonchev–Trinajstić information content (AvgIpc) is 2.43. The van der Waals surface area contributed by atoms with Crippen LogP contribution in [0.3, 0.4) is 0 Å². The molecule has 2 N–H and O–H groups in total. The smallest absolute Gasteiger partial charge is 0.408 e. The molecule has 23 heavy (non-hydrogen) atoms. The number of amides is 1. The van der Waals surface area contributed by atoms with Crippen LogP contribution in [0.15, 0.2) is 24.3 Å². The second-order valence-corrected chi connectivity index (χ2v) is 5.88. The maximum atomic E-state index is 11.7. The molecule has 0 aliphatic rings. The highest BCUT2D eigenvalue weighted by molar-refractivity contribution is 5.80. The molecule has 0 saturated heterocycles. The molecule has 0 bridgehead atoms. The van der Waals surface area contributed by atoms with Gasteiger partial charge in [-0.1, -0.05) is 18.1 Å². The number of aliphatic carboxylic acids is 1. The van der Waals surface area contributed by atoms with Crippen molar-refractivity contribution in [2.75, 3.05) is 6.61 Å². The lowest BCUT2D eigenvalue weighted by atomic mass is 10.1. The Bertz CT molecular complexity index is 580. The Balaban J connectivity index is 2.67. The van der Waals surface area contributed by atoms with Gasteiger partial charge < -0.3 is 19.9 Å². The van der Waals surface area contributed by atoms with Gasteiger partial charge in [-0.15, -0.1) is 6.42 Å². The SMILES string of the molecule is C#CCOc1ccc(C[C@@H](NC(=O)OC(C)(C)C)C(=O)O)cc1. The zero-order valence-electron chi connectivity index (χ0n) is 13.5. The largest absolute Gasteiger partial charge is 0.481 e. The zero-order valence-corrected chi connectivity index (χ0v) is 13.5. The highest BCUT2D eigenvalue weighted by Crippen LogP contribution is 2.14. The second kappa shape index (κ2) is 8.08. The van der Waals surface area contributed by atoms with Crippen LogP contribution in [0.2, 0.25) is 0 Å². The Morgan fingerprint density at radius 1 is 1.30 bits per heavy atom. The molecule has 1 amide bonds. The average molecular weight is 319 g/mol. The number of rotatable bonds is 6. The van der Waals surface area contributed by atoms with Crippen molar-refractivity contribution >= 4 is 12.1 Å². The van der Waals surface area contributed by atoms with E-state index in [1.54, 1.807) is 45.0 Å². The van der Waals surface area contributed by atoms with E-state index < -0.39 is 23.7 Å².